The van der Waals surface area contributed by atoms with Crippen molar-refractivity contribution in [2.45, 2.75) is 0 Å². The maximum absolute atomic E-state index is 2.44. The average Bonchev–Trinajstić information content (AvgIpc) is 3.71. The Morgan fingerprint density at radius 2 is 0.766 bits per heavy atom. The molecular weight excluding hydrogens is 773 g/mol. The van der Waals surface area contributed by atoms with E-state index in [9.17, 15) is 0 Å². The van der Waals surface area contributed by atoms with E-state index in [0.717, 1.165) is 28.3 Å². The second-order valence-corrected chi connectivity index (χ2v) is 16.4. The summed E-state index contributed by atoms with van der Waals surface area (Å²) in [5.74, 6) is 0. The van der Waals surface area contributed by atoms with Gasteiger partial charge < -0.3 is 9.47 Å². The van der Waals surface area contributed by atoms with Crippen molar-refractivity contribution in [3.8, 4) is 50.2 Å². The SMILES string of the molecule is c1ccc(-c2ccccc2-c2ccccc2-c2ccccc2N(c2ccc(-c3cc4ccccc4c4ccccc34)cc2)c2cccc(-n3c4ccccc4c4ccccc43)c2)cc1. The normalized spacial score (nSPS) is 11.4. The van der Waals surface area contributed by atoms with Gasteiger partial charge in [0.05, 0.1) is 16.7 Å². The Balaban J connectivity index is 1.06. The summed E-state index contributed by atoms with van der Waals surface area (Å²) in [5.41, 5.74) is 16.2. The van der Waals surface area contributed by atoms with E-state index in [1.54, 1.807) is 0 Å². The van der Waals surface area contributed by atoms with Crippen LogP contribution in [-0.4, -0.2) is 4.57 Å². The number of rotatable bonds is 8. The molecule has 0 saturated heterocycles. The summed E-state index contributed by atoms with van der Waals surface area (Å²) >= 11 is 0. The molecule has 1 heterocycles. The number of para-hydroxylation sites is 3. The Morgan fingerprint density at radius 3 is 1.47 bits per heavy atom. The summed E-state index contributed by atoms with van der Waals surface area (Å²) in [6.07, 6.45) is 0. The molecule has 0 amide bonds. The van der Waals surface area contributed by atoms with E-state index in [1.807, 2.05) is 0 Å². The van der Waals surface area contributed by atoms with Crippen LogP contribution in [0.1, 0.15) is 0 Å². The van der Waals surface area contributed by atoms with Crippen molar-refractivity contribution in [2.24, 2.45) is 0 Å². The van der Waals surface area contributed by atoms with E-state index >= 15 is 0 Å². The molecule has 0 N–H and O–H groups in total. The predicted octanol–water partition coefficient (Wildman–Crippen LogP) is 17.2. The summed E-state index contributed by atoms with van der Waals surface area (Å²) < 4.78 is 2.40. The number of hydrogen-bond donors (Lipinski definition) is 0. The molecule has 0 aliphatic heterocycles. The first kappa shape index (κ1) is 37.3. The molecular formula is C62H42N2. The van der Waals surface area contributed by atoms with E-state index < -0.39 is 0 Å². The minimum atomic E-state index is 1.07. The van der Waals surface area contributed by atoms with Gasteiger partial charge in [0.15, 0.2) is 0 Å². The fraction of sp³-hybridized carbons (Fsp3) is 0. The fourth-order valence-electron chi connectivity index (χ4n) is 9.92. The van der Waals surface area contributed by atoms with Gasteiger partial charge in [0.2, 0.25) is 0 Å². The minimum absolute atomic E-state index is 1.07. The van der Waals surface area contributed by atoms with Gasteiger partial charge in [-0.25, -0.2) is 0 Å². The van der Waals surface area contributed by atoms with E-state index in [4.69, 9.17) is 0 Å². The van der Waals surface area contributed by atoms with Gasteiger partial charge in [0.25, 0.3) is 0 Å². The van der Waals surface area contributed by atoms with Gasteiger partial charge in [0, 0.05) is 33.4 Å². The van der Waals surface area contributed by atoms with Crippen LogP contribution in [0.3, 0.4) is 0 Å². The molecule has 1 aromatic heterocycles. The minimum Gasteiger partial charge on any atom is -0.310 e. The Labute approximate surface area is 373 Å². The Hall–Kier alpha value is -8.46. The van der Waals surface area contributed by atoms with E-state index in [0.29, 0.717) is 0 Å². The number of fused-ring (bicyclic) bond motifs is 6. The molecule has 11 aromatic carbocycles. The van der Waals surface area contributed by atoms with E-state index in [1.165, 1.54) is 82.3 Å². The summed E-state index contributed by atoms with van der Waals surface area (Å²) in [7, 11) is 0. The topological polar surface area (TPSA) is 8.17 Å². The molecule has 12 aromatic rings. The van der Waals surface area contributed by atoms with Gasteiger partial charge in [-0.05, 0) is 115 Å². The average molecular weight is 815 g/mol. The molecule has 0 spiro atoms. The number of benzene rings is 11. The summed E-state index contributed by atoms with van der Waals surface area (Å²) in [6.45, 7) is 0. The molecule has 0 bridgehead atoms. The van der Waals surface area contributed by atoms with Crippen molar-refractivity contribution >= 4 is 60.4 Å². The van der Waals surface area contributed by atoms with Gasteiger partial charge in [-0.3, -0.25) is 0 Å². The highest BCUT2D eigenvalue weighted by molar-refractivity contribution is 6.14. The zero-order valence-corrected chi connectivity index (χ0v) is 35.1. The highest BCUT2D eigenvalue weighted by atomic mass is 15.1. The van der Waals surface area contributed by atoms with Crippen LogP contribution in [0, 0.1) is 0 Å². The van der Waals surface area contributed by atoms with Gasteiger partial charge in [-0.1, -0.05) is 200 Å². The van der Waals surface area contributed by atoms with Crippen molar-refractivity contribution in [2.75, 3.05) is 4.90 Å². The van der Waals surface area contributed by atoms with Crippen molar-refractivity contribution in [1.29, 1.82) is 0 Å². The first-order chi connectivity index (χ1) is 31.8. The molecule has 12 rings (SSSR count). The highest BCUT2D eigenvalue weighted by Crippen LogP contribution is 2.46. The monoisotopic (exact) mass is 814 g/mol. The van der Waals surface area contributed by atoms with Crippen molar-refractivity contribution in [3.63, 3.8) is 0 Å². The van der Waals surface area contributed by atoms with Crippen LogP contribution in [0.2, 0.25) is 0 Å². The molecule has 0 fully saturated rings. The number of nitrogens with zero attached hydrogens (tertiary/aromatic N) is 2. The lowest BCUT2D eigenvalue weighted by molar-refractivity contribution is 1.17. The van der Waals surface area contributed by atoms with E-state index in [-0.39, 0.29) is 0 Å². The van der Waals surface area contributed by atoms with Crippen LogP contribution in [0.25, 0.3) is 93.5 Å². The molecule has 0 aliphatic carbocycles. The lowest BCUT2D eigenvalue weighted by Crippen LogP contribution is -2.12. The van der Waals surface area contributed by atoms with Crippen molar-refractivity contribution < 1.29 is 0 Å². The number of anilines is 3. The Morgan fingerprint density at radius 1 is 0.266 bits per heavy atom. The maximum Gasteiger partial charge on any atom is 0.0541 e. The molecule has 0 radical (unpaired) electrons. The van der Waals surface area contributed by atoms with Crippen LogP contribution < -0.4 is 4.90 Å². The third-order valence-corrected chi connectivity index (χ3v) is 12.8. The third kappa shape index (κ3) is 6.35. The lowest BCUT2D eigenvalue weighted by atomic mass is 9.88. The molecule has 0 atom stereocenters. The number of aromatic nitrogens is 1. The maximum atomic E-state index is 2.44. The van der Waals surface area contributed by atoms with Gasteiger partial charge in [-0.15, -0.1) is 0 Å². The molecule has 0 aliphatic rings. The van der Waals surface area contributed by atoms with Crippen molar-refractivity contribution in [3.05, 3.63) is 255 Å². The van der Waals surface area contributed by atoms with Gasteiger partial charge in [0.1, 0.15) is 0 Å². The largest absolute Gasteiger partial charge is 0.310 e. The molecule has 2 heteroatoms. The third-order valence-electron chi connectivity index (χ3n) is 12.8. The molecule has 0 unspecified atom stereocenters. The molecule has 64 heavy (non-hydrogen) atoms. The molecule has 2 nitrogen and oxygen atoms in total. The quantitative estimate of drug-likeness (QED) is 0.139. The smallest absolute Gasteiger partial charge is 0.0541 e. The van der Waals surface area contributed by atoms with E-state index in [2.05, 4.69) is 264 Å². The zero-order chi connectivity index (χ0) is 42.4. The van der Waals surface area contributed by atoms with Gasteiger partial charge in [-0.2, -0.15) is 0 Å². The first-order valence-corrected chi connectivity index (χ1v) is 22.0. The summed E-state index contributed by atoms with van der Waals surface area (Å²) in [4.78, 5) is 2.44. The predicted molar refractivity (Wildman–Crippen MR) is 272 cm³/mol. The number of hydrogen-bond acceptors (Lipinski definition) is 1. The highest BCUT2D eigenvalue weighted by Gasteiger charge is 2.22. The second kappa shape index (κ2) is 15.8. The Kier molecular flexibility index (Phi) is 9.20. The first-order valence-electron chi connectivity index (χ1n) is 22.0. The Bertz CT molecular complexity index is 3620. The summed E-state index contributed by atoms with van der Waals surface area (Å²) in [5, 5.41) is 7.53. The molecule has 0 saturated carbocycles. The van der Waals surface area contributed by atoms with Crippen LogP contribution in [0.15, 0.2) is 255 Å². The second-order valence-electron chi connectivity index (χ2n) is 16.4. The zero-order valence-electron chi connectivity index (χ0n) is 35.1. The van der Waals surface area contributed by atoms with Crippen LogP contribution in [-0.2, 0) is 0 Å². The van der Waals surface area contributed by atoms with Crippen molar-refractivity contribution in [1.82, 2.24) is 4.57 Å². The van der Waals surface area contributed by atoms with Crippen LogP contribution >= 0.6 is 0 Å². The van der Waals surface area contributed by atoms with Gasteiger partial charge >= 0.3 is 0 Å². The fourth-order valence-corrected chi connectivity index (χ4v) is 9.92. The standard InChI is InChI=1S/C62H42N2/c1-2-19-43(20-3-1)49-24-6-7-26-51(49)53-28-9-10-29-54(53)56-31-12-15-34-60(56)63(47-22-18-23-48(42-47)64-61-35-16-13-32-57(61)58-33-14-17-36-62(58)64)46-39-37-44(38-40-46)59-41-45-21-4-5-25-50(45)52-27-8-11-30-55(52)59/h1-42H. The lowest BCUT2D eigenvalue weighted by Gasteiger charge is -2.29. The summed E-state index contributed by atoms with van der Waals surface area (Å²) in [6, 6.07) is 92.7. The molecule has 300 valence electrons. The van der Waals surface area contributed by atoms with Crippen LogP contribution in [0.5, 0.6) is 0 Å². The van der Waals surface area contributed by atoms with Crippen LogP contribution in [0.4, 0.5) is 17.1 Å².